The summed E-state index contributed by atoms with van der Waals surface area (Å²) in [4.78, 5) is 2.33. The van der Waals surface area contributed by atoms with Crippen molar-refractivity contribution in [3.63, 3.8) is 0 Å². The molecule has 0 aliphatic carbocycles. The first-order valence-electron chi connectivity index (χ1n) is 7.84. The molecular weight excluding hydrogens is 274 g/mol. The molecule has 1 N–H and O–H groups in total. The molecule has 1 saturated heterocycles. The number of hydrogen-bond donors (Lipinski definition) is 1. The van der Waals surface area contributed by atoms with Crippen molar-refractivity contribution in [3.8, 4) is 0 Å². The molecule has 2 unspecified atom stereocenters. The van der Waals surface area contributed by atoms with Gasteiger partial charge in [-0.1, -0.05) is 60.7 Å². The van der Waals surface area contributed by atoms with Crippen LogP contribution in [0.3, 0.4) is 0 Å². The molecular formula is C19H23NO2. The second-order valence-electron chi connectivity index (χ2n) is 5.98. The molecule has 0 saturated carbocycles. The highest BCUT2D eigenvalue weighted by Crippen LogP contribution is 2.39. The van der Waals surface area contributed by atoms with Gasteiger partial charge in [0.1, 0.15) is 5.60 Å². The van der Waals surface area contributed by atoms with Crippen LogP contribution in [-0.4, -0.2) is 36.3 Å². The van der Waals surface area contributed by atoms with Gasteiger partial charge in [0.05, 0.1) is 19.3 Å². The van der Waals surface area contributed by atoms with Gasteiger partial charge in [0.25, 0.3) is 0 Å². The fourth-order valence-corrected chi connectivity index (χ4v) is 3.30. The summed E-state index contributed by atoms with van der Waals surface area (Å²) in [5, 5.41) is 11.4. The highest BCUT2D eigenvalue weighted by atomic mass is 16.5. The Balaban J connectivity index is 2.01. The zero-order valence-corrected chi connectivity index (χ0v) is 13.0. The first-order valence-corrected chi connectivity index (χ1v) is 7.84. The average molecular weight is 297 g/mol. The summed E-state index contributed by atoms with van der Waals surface area (Å²) < 4.78 is 5.48. The van der Waals surface area contributed by atoms with Crippen LogP contribution in [0.2, 0.25) is 0 Å². The van der Waals surface area contributed by atoms with E-state index in [0.717, 1.165) is 24.2 Å². The van der Waals surface area contributed by atoms with E-state index in [4.69, 9.17) is 4.74 Å². The van der Waals surface area contributed by atoms with E-state index in [0.29, 0.717) is 13.2 Å². The Kier molecular flexibility index (Phi) is 4.57. The van der Waals surface area contributed by atoms with Crippen LogP contribution in [0, 0.1) is 0 Å². The van der Waals surface area contributed by atoms with Gasteiger partial charge in [-0.3, -0.25) is 4.90 Å². The summed E-state index contributed by atoms with van der Waals surface area (Å²) >= 11 is 0. The SMILES string of the molecule is CC(O)(c1ccccc1)C(c1ccccc1)N1CCOCC1. The summed E-state index contributed by atoms with van der Waals surface area (Å²) in [5.74, 6) is 0. The zero-order chi connectivity index (χ0) is 15.4. The van der Waals surface area contributed by atoms with E-state index >= 15 is 0 Å². The monoisotopic (exact) mass is 297 g/mol. The molecule has 1 fully saturated rings. The maximum Gasteiger partial charge on any atom is 0.106 e. The molecule has 0 bridgehead atoms. The molecule has 116 valence electrons. The number of nitrogens with zero attached hydrogens (tertiary/aromatic N) is 1. The maximum atomic E-state index is 11.4. The molecule has 1 aliphatic heterocycles. The Morgan fingerprint density at radius 3 is 2.09 bits per heavy atom. The number of hydrogen-bond acceptors (Lipinski definition) is 3. The number of rotatable bonds is 4. The number of aliphatic hydroxyl groups is 1. The van der Waals surface area contributed by atoms with Crippen LogP contribution in [0.15, 0.2) is 60.7 Å². The second kappa shape index (κ2) is 6.61. The lowest BCUT2D eigenvalue weighted by atomic mass is 9.83. The molecule has 3 heteroatoms. The molecule has 0 spiro atoms. The normalized spacial score (nSPS) is 20.3. The van der Waals surface area contributed by atoms with Crippen molar-refractivity contribution < 1.29 is 9.84 Å². The molecule has 1 aliphatic rings. The van der Waals surface area contributed by atoms with Gasteiger partial charge in [0.2, 0.25) is 0 Å². The molecule has 3 nitrogen and oxygen atoms in total. The fraction of sp³-hybridized carbons (Fsp3) is 0.368. The second-order valence-corrected chi connectivity index (χ2v) is 5.98. The van der Waals surface area contributed by atoms with Gasteiger partial charge in [-0.2, -0.15) is 0 Å². The summed E-state index contributed by atoms with van der Waals surface area (Å²) in [6, 6.07) is 20.1. The van der Waals surface area contributed by atoms with E-state index < -0.39 is 5.60 Å². The lowest BCUT2D eigenvalue weighted by molar-refractivity contribution is -0.0738. The Labute approximate surface area is 132 Å². The first-order chi connectivity index (χ1) is 10.7. The van der Waals surface area contributed by atoms with Crippen molar-refractivity contribution in [1.29, 1.82) is 0 Å². The number of benzene rings is 2. The summed E-state index contributed by atoms with van der Waals surface area (Å²) in [6.07, 6.45) is 0. The van der Waals surface area contributed by atoms with Gasteiger partial charge in [-0.05, 0) is 18.1 Å². The largest absolute Gasteiger partial charge is 0.383 e. The average Bonchev–Trinajstić information content (AvgIpc) is 2.58. The lowest BCUT2D eigenvalue weighted by Gasteiger charge is -2.43. The van der Waals surface area contributed by atoms with Crippen LogP contribution in [-0.2, 0) is 10.3 Å². The minimum absolute atomic E-state index is 0.0833. The highest BCUT2D eigenvalue weighted by Gasteiger charge is 2.39. The molecule has 2 atom stereocenters. The van der Waals surface area contributed by atoms with Crippen molar-refractivity contribution >= 4 is 0 Å². The van der Waals surface area contributed by atoms with Crippen LogP contribution in [0.25, 0.3) is 0 Å². The fourth-order valence-electron chi connectivity index (χ4n) is 3.30. The first kappa shape index (κ1) is 15.2. The van der Waals surface area contributed by atoms with Crippen molar-refractivity contribution in [3.05, 3.63) is 71.8 Å². The zero-order valence-electron chi connectivity index (χ0n) is 13.0. The molecule has 0 amide bonds. The summed E-state index contributed by atoms with van der Waals surface area (Å²) in [5.41, 5.74) is 1.12. The Bertz CT molecular complexity index is 577. The van der Waals surface area contributed by atoms with Crippen LogP contribution >= 0.6 is 0 Å². The third-order valence-corrected chi connectivity index (χ3v) is 4.42. The minimum atomic E-state index is -0.958. The third kappa shape index (κ3) is 3.07. The minimum Gasteiger partial charge on any atom is -0.383 e. The summed E-state index contributed by atoms with van der Waals surface area (Å²) in [7, 11) is 0. The van der Waals surface area contributed by atoms with Crippen LogP contribution in [0.5, 0.6) is 0 Å². The standard InChI is InChI=1S/C19H23NO2/c1-19(21,17-10-6-3-7-11-17)18(16-8-4-2-5-9-16)20-12-14-22-15-13-20/h2-11,18,21H,12-15H2,1H3. The molecule has 2 aromatic carbocycles. The molecule has 0 aromatic heterocycles. The Hall–Kier alpha value is -1.68. The predicted octanol–water partition coefficient (Wildman–Crippen LogP) is 2.97. The molecule has 22 heavy (non-hydrogen) atoms. The highest BCUT2D eigenvalue weighted by molar-refractivity contribution is 5.30. The van der Waals surface area contributed by atoms with Crippen molar-refractivity contribution in [2.24, 2.45) is 0 Å². The van der Waals surface area contributed by atoms with Gasteiger partial charge >= 0.3 is 0 Å². The van der Waals surface area contributed by atoms with Gasteiger partial charge < -0.3 is 9.84 Å². The van der Waals surface area contributed by atoms with Gasteiger partial charge in [0.15, 0.2) is 0 Å². The van der Waals surface area contributed by atoms with Crippen molar-refractivity contribution in [1.82, 2.24) is 4.90 Å². The van der Waals surface area contributed by atoms with E-state index in [1.165, 1.54) is 0 Å². The summed E-state index contributed by atoms with van der Waals surface area (Å²) in [6.45, 7) is 5.02. The van der Waals surface area contributed by atoms with E-state index in [2.05, 4.69) is 17.0 Å². The van der Waals surface area contributed by atoms with E-state index in [1.807, 2.05) is 55.5 Å². The van der Waals surface area contributed by atoms with Crippen LogP contribution < -0.4 is 0 Å². The van der Waals surface area contributed by atoms with Gasteiger partial charge in [-0.15, -0.1) is 0 Å². The van der Waals surface area contributed by atoms with Crippen LogP contribution in [0.4, 0.5) is 0 Å². The molecule has 3 rings (SSSR count). The quantitative estimate of drug-likeness (QED) is 0.942. The Morgan fingerprint density at radius 2 is 1.50 bits per heavy atom. The molecule has 1 heterocycles. The Morgan fingerprint density at radius 1 is 0.955 bits per heavy atom. The predicted molar refractivity (Wildman–Crippen MR) is 87.6 cm³/mol. The van der Waals surface area contributed by atoms with E-state index in [1.54, 1.807) is 0 Å². The van der Waals surface area contributed by atoms with Crippen molar-refractivity contribution in [2.45, 2.75) is 18.6 Å². The molecule has 2 aromatic rings. The smallest absolute Gasteiger partial charge is 0.106 e. The topological polar surface area (TPSA) is 32.7 Å². The van der Waals surface area contributed by atoms with Crippen LogP contribution in [0.1, 0.15) is 24.1 Å². The third-order valence-electron chi connectivity index (χ3n) is 4.42. The van der Waals surface area contributed by atoms with Gasteiger partial charge in [0, 0.05) is 13.1 Å². The molecule has 0 radical (unpaired) electrons. The van der Waals surface area contributed by atoms with Gasteiger partial charge in [-0.25, -0.2) is 0 Å². The number of ether oxygens (including phenoxy) is 1. The van der Waals surface area contributed by atoms with E-state index in [-0.39, 0.29) is 6.04 Å². The van der Waals surface area contributed by atoms with E-state index in [9.17, 15) is 5.11 Å². The maximum absolute atomic E-state index is 11.4. The van der Waals surface area contributed by atoms with Crippen molar-refractivity contribution in [2.75, 3.05) is 26.3 Å². The lowest BCUT2D eigenvalue weighted by Crippen LogP contribution is -2.47. The number of morpholine rings is 1.